The molecule has 2 atom stereocenters. The fourth-order valence-corrected chi connectivity index (χ4v) is 3.95. The van der Waals surface area contributed by atoms with Gasteiger partial charge in [-0.05, 0) is 71.6 Å². The van der Waals surface area contributed by atoms with Crippen molar-refractivity contribution in [3.05, 3.63) is 56.5 Å². The normalized spacial score (nSPS) is 12.9. The minimum atomic E-state index is -0.780. The second kappa shape index (κ2) is 10.0. The minimum absolute atomic E-state index is 0.0309. The van der Waals surface area contributed by atoms with E-state index in [4.69, 9.17) is 4.74 Å². The summed E-state index contributed by atoms with van der Waals surface area (Å²) in [5.41, 5.74) is 1.43. The molecule has 0 unspecified atom stereocenters. The van der Waals surface area contributed by atoms with Crippen LogP contribution in [-0.4, -0.2) is 28.7 Å². The van der Waals surface area contributed by atoms with E-state index in [-0.39, 0.29) is 24.1 Å². The molecule has 2 aromatic rings. The number of halogens is 2. The zero-order chi connectivity index (χ0) is 20.8. The first-order chi connectivity index (χ1) is 13.2. The molecule has 0 saturated heterocycles. The monoisotopic (exact) mass is 513 g/mol. The van der Waals surface area contributed by atoms with Gasteiger partial charge in [0.2, 0.25) is 0 Å². The van der Waals surface area contributed by atoms with Gasteiger partial charge in [-0.15, -0.1) is 0 Å². The molecule has 0 saturated carbocycles. The Morgan fingerprint density at radius 1 is 1.18 bits per heavy atom. The lowest BCUT2D eigenvalue weighted by molar-refractivity contribution is 0.0651. The summed E-state index contributed by atoms with van der Waals surface area (Å²) in [6.45, 7) is 3.21. The number of ketones is 1. The highest BCUT2D eigenvalue weighted by molar-refractivity contribution is 9.11. The number of aromatic hydroxyl groups is 1. The SMILES string of the molecule is CC(=O)c1ccc(NC(=O)O[C@H](c2cc(Br)cc(Br)c2O)[C@@H](C)CCO)cc1. The van der Waals surface area contributed by atoms with Crippen LogP contribution < -0.4 is 5.32 Å². The molecule has 0 aromatic heterocycles. The topological polar surface area (TPSA) is 95.9 Å². The number of aliphatic hydroxyl groups excluding tert-OH is 1. The number of nitrogens with one attached hydrogen (secondary N) is 1. The first kappa shape index (κ1) is 22.4. The molecule has 1 amide bonds. The highest BCUT2D eigenvalue weighted by Crippen LogP contribution is 2.40. The molecule has 3 N–H and O–H groups in total. The summed E-state index contributed by atoms with van der Waals surface area (Å²) in [5.74, 6) is -0.345. The fraction of sp³-hybridized carbons (Fsp3) is 0.300. The summed E-state index contributed by atoms with van der Waals surface area (Å²) in [6.07, 6.45) is -1.10. The molecule has 150 valence electrons. The van der Waals surface area contributed by atoms with Crippen molar-refractivity contribution in [3.8, 4) is 5.75 Å². The van der Waals surface area contributed by atoms with Crippen LogP contribution in [0, 0.1) is 5.92 Å². The molecule has 0 aliphatic carbocycles. The molecule has 0 bridgehead atoms. The number of rotatable bonds is 7. The van der Waals surface area contributed by atoms with Gasteiger partial charge >= 0.3 is 6.09 Å². The van der Waals surface area contributed by atoms with Crippen LogP contribution >= 0.6 is 31.9 Å². The van der Waals surface area contributed by atoms with Gasteiger partial charge in [0, 0.05) is 27.9 Å². The molecule has 2 aromatic carbocycles. The molecule has 28 heavy (non-hydrogen) atoms. The molecular formula is C20H21Br2NO5. The predicted molar refractivity (Wildman–Crippen MR) is 114 cm³/mol. The Kier molecular flexibility index (Phi) is 8.03. The van der Waals surface area contributed by atoms with E-state index >= 15 is 0 Å². The van der Waals surface area contributed by atoms with Gasteiger partial charge in [0.15, 0.2) is 5.78 Å². The molecule has 8 heteroatoms. The molecule has 0 aliphatic heterocycles. The Balaban J connectivity index is 2.23. The van der Waals surface area contributed by atoms with Gasteiger partial charge in [-0.3, -0.25) is 10.1 Å². The number of hydrogen-bond acceptors (Lipinski definition) is 5. The van der Waals surface area contributed by atoms with Crippen molar-refractivity contribution in [3.63, 3.8) is 0 Å². The molecule has 0 heterocycles. The Morgan fingerprint density at radius 2 is 1.82 bits per heavy atom. The Morgan fingerprint density at radius 3 is 2.39 bits per heavy atom. The van der Waals surface area contributed by atoms with Gasteiger partial charge < -0.3 is 14.9 Å². The van der Waals surface area contributed by atoms with Gasteiger partial charge in [0.1, 0.15) is 11.9 Å². The number of amides is 1. The first-order valence-electron chi connectivity index (χ1n) is 8.60. The lowest BCUT2D eigenvalue weighted by Crippen LogP contribution is -2.22. The lowest BCUT2D eigenvalue weighted by Gasteiger charge is -2.25. The van der Waals surface area contributed by atoms with Crippen LogP contribution in [-0.2, 0) is 4.74 Å². The quantitative estimate of drug-likeness (QED) is 0.428. The summed E-state index contributed by atoms with van der Waals surface area (Å²) in [4.78, 5) is 23.8. The van der Waals surface area contributed by atoms with Gasteiger partial charge in [0.05, 0.1) is 4.47 Å². The van der Waals surface area contributed by atoms with Gasteiger partial charge in [-0.1, -0.05) is 22.9 Å². The van der Waals surface area contributed by atoms with E-state index in [0.717, 1.165) is 0 Å². The predicted octanol–water partition coefficient (Wildman–Crippen LogP) is 5.43. The fourth-order valence-electron chi connectivity index (χ4n) is 2.69. The van der Waals surface area contributed by atoms with Crippen molar-refractivity contribution in [1.29, 1.82) is 0 Å². The van der Waals surface area contributed by atoms with E-state index in [1.54, 1.807) is 36.4 Å². The number of ether oxygens (including phenoxy) is 1. The third-order valence-electron chi connectivity index (χ3n) is 4.24. The van der Waals surface area contributed by atoms with Crippen molar-refractivity contribution in [2.24, 2.45) is 5.92 Å². The average molecular weight is 515 g/mol. The summed E-state index contributed by atoms with van der Waals surface area (Å²) >= 11 is 6.65. The van der Waals surface area contributed by atoms with Crippen molar-refractivity contribution in [1.82, 2.24) is 0 Å². The van der Waals surface area contributed by atoms with E-state index in [9.17, 15) is 19.8 Å². The molecule has 6 nitrogen and oxygen atoms in total. The summed E-state index contributed by atoms with van der Waals surface area (Å²) in [6, 6.07) is 9.80. The van der Waals surface area contributed by atoms with Gasteiger partial charge in [-0.25, -0.2) is 4.79 Å². The van der Waals surface area contributed by atoms with Crippen LogP contribution in [0.4, 0.5) is 10.5 Å². The number of carbonyl (C=O) groups excluding carboxylic acids is 2. The molecule has 0 fully saturated rings. The second-order valence-electron chi connectivity index (χ2n) is 6.40. The third-order valence-corrected chi connectivity index (χ3v) is 5.30. The zero-order valence-corrected chi connectivity index (χ0v) is 18.6. The van der Waals surface area contributed by atoms with Crippen molar-refractivity contribution in [2.75, 3.05) is 11.9 Å². The molecule has 2 rings (SSSR count). The number of phenols is 1. The van der Waals surface area contributed by atoms with E-state index in [2.05, 4.69) is 37.2 Å². The van der Waals surface area contributed by atoms with Crippen LogP contribution in [0.5, 0.6) is 5.75 Å². The maximum Gasteiger partial charge on any atom is 0.412 e. The number of phenolic OH excluding ortho intramolecular Hbond substituents is 1. The van der Waals surface area contributed by atoms with Crippen molar-refractivity contribution in [2.45, 2.75) is 26.4 Å². The van der Waals surface area contributed by atoms with E-state index in [1.807, 2.05) is 6.92 Å². The van der Waals surface area contributed by atoms with Gasteiger partial charge in [-0.2, -0.15) is 0 Å². The summed E-state index contributed by atoms with van der Waals surface area (Å²) in [5, 5.41) is 22.3. The van der Waals surface area contributed by atoms with Crippen LogP contribution in [0.3, 0.4) is 0 Å². The highest BCUT2D eigenvalue weighted by atomic mass is 79.9. The number of benzene rings is 2. The highest BCUT2D eigenvalue weighted by Gasteiger charge is 2.27. The maximum absolute atomic E-state index is 12.4. The molecular weight excluding hydrogens is 494 g/mol. The Labute approximate surface area is 180 Å². The molecule has 0 spiro atoms. The second-order valence-corrected chi connectivity index (χ2v) is 8.17. The largest absolute Gasteiger partial charge is 0.506 e. The van der Waals surface area contributed by atoms with E-state index in [0.29, 0.717) is 32.2 Å². The number of hydrogen-bond donors (Lipinski definition) is 3. The minimum Gasteiger partial charge on any atom is -0.506 e. The zero-order valence-electron chi connectivity index (χ0n) is 15.4. The molecule has 0 aliphatic rings. The Bertz CT molecular complexity index is 854. The van der Waals surface area contributed by atoms with Gasteiger partial charge in [0.25, 0.3) is 0 Å². The standard InChI is InChI=1S/C20H21Br2NO5/c1-11(7-8-24)19(16-9-14(21)10-17(22)18(16)26)28-20(27)23-15-5-3-13(4-6-15)12(2)25/h3-6,9-11,19,24,26H,7-8H2,1-2H3,(H,23,27)/t11-,19-/m0/s1. The van der Waals surface area contributed by atoms with Crippen LogP contribution in [0.1, 0.15) is 42.3 Å². The Hall–Kier alpha value is -1.90. The number of Topliss-reactive ketones (excluding diaryl/α,β-unsaturated/α-hetero) is 1. The van der Waals surface area contributed by atoms with Crippen LogP contribution in [0.15, 0.2) is 45.3 Å². The number of carbonyl (C=O) groups is 2. The van der Waals surface area contributed by atoms with Crippen LogP contribution in [0.2, 0.25) is 0 Å². The number of anilines is 1. The van der Waals surface area contributed by atoms with E-state index in [1.165, 1.54) is 6.92 Å². The van der Waals surface area contributed by atoms with Crippen LogP contribution in [0.25, 0.3) is 0 Å². The first-order valence-corrected chi connectivity index (χ1v) is 10.2. The molecule has 0 radical (unpaired) electrons. The third kappa shape index (κ3) is 5.80. The summed E-state index contributed by atoms with van der Waals surface area (Å²) in [7, 11) is 0. The van der Waals surface area contributed by atoms with Crippen molar-refractivity contribution < 1.29 is 24.5 Å². The van der Waals surface area contributed by atoms with E-state index < -0.39 is 12.2 Å². The smallest absolute Gasteiger partial charge is 0.412 e. The average Bonchev–Trinajstić information content (AvgIpc) is 2.63. The summed E-state index contributed by atoms with van der Waals surface area (Å²) < 4.78 is 6.76. The van der Waals surface area contributed by atoms with Crippen molar-refractivity contribution >= 4 is 49.4 Å². The lowest BCUT2D eigenvalue weighted by atomic mass is 9.94. The number of aliphatic hydroxyl groups is 1. The maximum atomic E-state index is 12.4.